The molecule has 4 heterocycles. The van der Waals surface area contributed by atoms with Crippen LogP contribution in [0.1, 0.15) is 24.6 Å². The van der Waals surface area contributed by atoms with Gasteiger partial charge in [-0.1, -0.05) is 48.5 Å². The molecule has 1 aliphatic carbocycles. The number of anilines is 1. The van der Waals surface area contributed by atoms with Gasteiger partial charge in [0.25, 0.3) is 0 Å². The lowest BCUT2D eigenvalue weighted by Gasteiger charge is -2.46. The van der Waals surface area contributed by atoms with Crippen molar-refractivity contribution in [3.05, 3.63) is 78.9 Å². The molecule has 9 nitrogen and oxygen atoms in total. The van der Waals surface area contributed by atoms with Crippen LogP contribution in [-0.2, 0) is 0 Å². The fraction of sp³-hybridized carbons (Fsp3) is 0.312. The number of urea groups is 1. The third-order valence-corrected chi connectivity index (χ3v) is 8.61. The number of rotatable bonds is 4. The Morgan fingerprint density at radius 1 is 0.927 bits per heavy atom. The zero-order valence-corrected chi connectivity index (χ0v) is 23.4. The van der Waals surface area contributed by atoms with Crippen molar-refractivity contribution in [1.82, 2.24) is 34.1 Å². The van der Waals surface area contributed by atoms with Gasteiger partial charge in [-0.05, 0) is 25.0 Å². The number of piperazine rings is 1. The van der Waals surface area contributed by atoms with E-state index in [2.05, 4.69) is 56.7 Å². The Labute approximate surface area is 239 Å². The van der Waals surface area contributed by atoms with Crippen molar-refractivity contribution in [3.8, 4) is 22.5 Å². The summed E-state index contributed by atoms with van der Waals surface area (Å²) >= 11 is 0. The number of imidazole rings is 1. The van der Waals surface area contributed by atoms with Crippen molar-refractivity contribution in [2.45, 2.75) is 24.8 Å². The molecule has 7 rings (SSSR count). The van der Waals surface area contributed by atoms with Gasteiger partial charge in [0, 0.05) is 81.1 Å². The maximum atomic E-state index is 12.3. The number of nitrogens with zero attached hydrogens (tertiary/aromatic N) is 7. The lowest BCUT2D eigenvalue weighted by molar-refractivity contribution is 0.0556. The highest BCUT2D eigenvalue weighted by Crippen LogP contribution is 2.42. The molecule has 0 spiro atoms. The van der Waals surface area contributed by atoms with E-state index in [1.165, 1.54) is 0 Å². The first-order valence-electron chi connectivity index (χ1n) is 14.3. The van der Waals surface area contributed by atoms with E-state index in [0.29, 0.717) is 17.8 Å². The Morgan fingerprint density at radius 3 is 2.44 bits per heavy atom. The number of hydrogen-bond acceptors (Lipinski definition) is 6. The van der Waals surface area contributed by atoms with Gasteiger partial charge in [0.2, 0.25) is 0 Å². The van der Waals surface area contributed by atoms with Crippen LogP contribution in [0.3, 0.4) is 0 Å². The van der Waals surface area contributed by atoms with Crippen molar-refractivity contribution in [3.63, 3.8) is 0 Å². The van der Waals surface area contributed by atoms with Crippen LogP contribution in [0.15, 0.2) is 73.1 Å². The van der Waals surface area contributed by atoms with E-state index in [0.717, 1.165) is 83.8 Å². The topological polar surface area (TPSA) is 95.9 Å². The first-order chi connectivity index (χ1) is 20.0. The van der Waals surface area contributed by atoms with Crippen LogP contribution in [0.2, 0.25) is 0 Å². The summed E-state index contributed by atoms with van der Waals surface area (Å²) in [5.41, 5.74) is 12.1. The highest BCUT2D eigenvalue weighted by Gasteiger charge is 2.39. The van der Waals surface area contributed by atoms with Gasteiger partial charge in [-0.25, -0.2) is 19.7 Å². The van der Waals surface area contributed by atoms with Gasteiger partial charge in [0.15, 0.2) is 0 Å². The molecule has 2 N–H and O–H groups in total. The molecular weight excluding hydrogens is 512 g/mol. The van der Waals surface area contributed by atoms with Crippen molar-refractivity contribution in [1.29, 1.82) is 0 Å². The SMILES string of the molecule is CN(C)C(=O)N1CCN([C@H]2C[C@@H](c3nc(-c4ccc5ccc(-c6ccccc6)nc5c4)c4c(N)nccn43)C2)CC1. The van der Waals surface area contributed by atoms with Gasteiger partial charge in [-0.2, -0.15) is 0 Å². The van der Waals surface area contributed by atoms with Crippen LogP contribution >= 0.6 is 0 Å². The summed E-state index contributed by atoms with van der Waals surface area (Å²) in [6.45, 7) is 3.38. The lowest BCUT2D eigenvalue weighted by Crippen LogP contribution is -2.56. The predicted molar refractivity (Wildman–Crippen MR) is 162 cm³/mol. The normalized spacial score (nSPS) is 19.4. The standard InChI is InChI=1S/C32H34N8O/c1-37(2)32(41)39-16-14-38(15-17-39)25-18-24(19-25)31-36-28(29-30(33)34-12-13-40(29)31)23-9-8-22-10-11-26(35-27(22)20-23)21-6-4-3-5-7-21/h3-13,20,24-25H,14-19H2,1-2H3,(H2,33,34)/t24-,25+. The minimum absolute atomic E-state index is 0.0962. The lowest BCUT2D eigenvalue weighted by atomic mass is 9.78. The fourth-order valence-corrected chi connectivity index (χ4v) is 6.27. The molecule has 0 atom stereocenters. The van der Waals surface area contributed by atoms with Crippen molar-refractivity contribution in [2.75, 3.05) is 46.0 Å². The van der Waals surface area contributed by atoms with E-state index >= 15 is 0 Å². The highest BCUT2D eigenvalue weighted by atomic mass is 16.2. The molecule has 208 valence electrons. The van der Waals surface area contributed by atoms with Crippen molar-refractivity contribution in [2.24, 2.45) is 0 Å². The number of nitrogens with two attached hydrogens (primary N) is 1. The summed E-state index contributed by atoms with van der Waals surface area (Å²) in [5.74, 6) is 1.85. The molecule has 0 bridgehead atoms. The van der Waals surface area contributed by atoms with Gasteiger partial charge in [-0.15, -0.1) is 0 Å². The van der Waals surface area contributed by atoms with E-state index < -0.39 is 0 Å². The maximum Gasteiger partial charge on any atom is 0.319 e. The molecule has 0 unspecified atom stereocenters. The van der Waals surface area contributed by atoms with E-state index in [4.69, 9.17) is 15.7 Å². The largest absolute Gasteiger partial charge is 0.382 e. The molecule has 1 saturated heterocycles. The average molecular weight is 547 g/mol. The second-order valence-corrected chi connectivity index (χ2v) is 11.3. The molecule has 2 aliphatic rings. The number of nitrogen functional groups attached to an aromatic ring is 1. The van der Waals surface area contributed by atoms with Gasteiger partial charge in [0.05, 0.1) is 11.2 Å². The Morgan fingerprint density at radius 2 is 1.68 bits per heavy atom. The molecule has 3 aromatic heterocycles. The number of carbonyl (C=O) groups is 1. The Hall–Kier alpha value is -4.50. The molecular formula is C32H34N8O. The number of benzene rings is 2. The van der Waals surface area contributed by atoms with Gasteiger partial charge >= 0.3 is 6.03 Å². The van der Waals surface area contributed by atoms with E-state index in [1.807, 2.05) is 43.4 Å². The highest BCUT2D eigenvalue weighted by molar-refractivity contribution is 5.91. The van der Waals surface area contributed by atoms with Crippen LogP contribution in [0.4, 0.5) is 10.6 Å². The number of hydrogen-bond donors (Lipinski definition) is 1. The summed E-state index contributed by atoms with van der Waals surface area (Å²) in [6.07, 6.45) is 5.82. The van der Waals surface area contributed by atoms with Crippen LogP contribution in [0, 0.1) is 0 Å². The summed E-state index contributed by atoms with van der Waals surface area (Å²) in [7, 11) is 3.63. The van der Waals surface area contributed by atoms with Gasteiger partial charge in [0.1, 0.15) is 22.9 Å². The van der Waals surface area contributed by atoms with Crippen molar-refractivity contribution >= 4 is 28.3 Å². The third kappa shape index (κ3) is 4.56. The molecule has 41 heavy (non-hydrogen) atoms. The second kappa shape index (κ2) is 10.2. The Balaban J connectivity index is 1.16. The zero-order valence-electron chi connectivity index (χ0n) is 23.4. The monoisotopic (exact) mass is 546 g/mol. The summed E-state index contributed by atoms with van der Waals surface area (Å²) in [5, 5.41) is 1.08. The van der Waals surface area contributed by atoms with Crippen molar-refractivity contribution < 1.29 is 4.79 Å². The zero-order chi connectivity index (χ0) is 28.1. The quantitative estimate of drug-likeness (QED) is 0.350. The first kappa shape index (κ1) is 25.5. The van der Waals surface area contributed by atoms with Gasteiger partial charge < -0.3 is 15.5 Å². The van der Waals surface area contributed by atoms with E-state index in [9.17, 15) is 4.79 Å². The van der Waals surface area contributed by atoms with Crippen LogP contribution < -0.4 is 5.73 Å². The first-order valence-corrected chi connectivity index (χ1v) is 14.3. The molecule has 9 heteroatoms. The van der Waals surface area contributed by atoms with Crippen LogP contribution in [-0.4, -0.2) is 86.4 Å². The summed E-state index contributed by atoms with van der Waals surface area (Å²) in [4.78, 5) is 33.0. The van der Waals surface area contributed by atoms with E-state index in [-0.39, 0.29) is 6.03 Å². The van der Waals surface area contributed by atoms with E-state index in [1.54, 1.807) is 11.1 Å². The van der Waals surface area contributed by atoms with Crippen LogP contribution in [0.5, 0.6) is 0 Å². The Kier molecular flexibility index (Phi) is 6.31. The minimum Gasteiger partial charge on any atom is -0.382 e. The second-order valence-electron chi connectivity index (χ2n) is 11.3. The molecule has 2 amide bonds. The van der Waals surface area contributed by atoms with Gasteiger partial charge in [-0.3, -0.25) is 9.30 Å². The molecule has 2 aromatic carbocycles. The Bertz CT molecular complexity index is 1730. The molecule has 1 aliphatic heterocycles. The predicted octanol–water partition coefficient (Wildman–Crippen LogP) is 4.74. The summed E-state index contributed by atoms with van der Waals surface area (Å²) < 4.78 is 2.13. The number of carbonyl (C=O) groups excluding carboxylic acids is 1. The third-order valence-electron chi connectivity index (χ3n) is 8.61. The minimum atomic E-state index is 0.0962. The van der Waals surface area contributed by atoms with Crippen LogP contribution in [0.25, 0.3) is 38.9 Å². The molecule has 5 aromatic rings. The maximum absolute atomic E-state index is 12.3. The average Bonchev–Trinajstić information content (AvgIpc) is 3.36. The summed E-state index contributed by atoms with van der Waals surface area (Å²) in [6, 6.07) is 21.3. The molecule has 0 radical (unpaired) electrons. The number of amides is 2. The number of pyridine rings is 1. The molecule has 2 fully saturated rings. The fourth-order valence-electron chi connectivity index (χ4n) is 6.27. The number of fused-ring (bicyclic) bond motifs is 2. The number of aromatic nitrogens is 4. The molecule has 1 saturated carbocycles. The smallest absolute Gasteiger partial charge is 0.319 e.